The average Bonchev–Trinajstić information content (AvgIpc) is 3.28. The van der Waals surface area contributed by atoms with Crippen molar-refractivity contribution in [1.82, 2.24) is 5.43 Å². The second kappa shape index (κ2) is 6.17. The number of rotatable bonds is 4. The van der Waals surface area contributed by atoms with Crippen LogP contribution >= 0.6 is 0 Å². The number of furan rings is 2. The highest BCUT2D eigenvalue weighted by Crippen LogP contribution is 2.28. The number of fused-ring (bicyclic) bond motifs is 3. The predicted molar refractivity (Wildman–Crippen MR) is 94.1 cm³/mol. The number of nitrogens with one attached hydrogen (secondary N) is 1. The summed E-state index contributed by atoms with van der Waals surface area (Å²) in [6, 6.07) is 15.8. The lowest BCUT2D eigenvalue weighted by Gasteiger charge is -1.96. The minimum atomic E-state index is -0.658. The largest absolute Gasteiger partial charge is 0.451 e. The van der Waals surface area contributed by atoms with E-state index in [-0.39, 0.29) is 11.5 Å². The zero-order valence-electron chi connectivity index (χ0n) is 13.2. The van der Waals surface area contributed by atoms with E-state index in [0.717, 1.165) is 16.2 Å². The van der Waals surface area contributed by atoms with E-state index in [9.17, 15) is 14.9 Å². The molecule has 0 unspecified atom stereocenters. The van der Waals surface area contributed by atoms with Crippen molar-refractivity contribution in [2.24, 2.45) is 5.10 Å². The number of nitrogens with zero attached hydrogens (tertiary/aromatic N) is 2. The molecule has 0 saturated heterocycles. The molecule has 4 aromatic rings. The lowest BCUT2D eigenvalue weighted by atomic mass is 10.1. The Morgan fingerprint density at radius 1 is 1.08 bits per heavy atom. The quantitative estimate of drug-likeness (QED) is 0.342. The molecular formula is C18H11N3O5. The van der Waals surface area contributed by atoms with Gasteiger partial charge in [0.25, 0.3) is 0 Å². The van der Waals surface area contributed by atoms with Crippen molar-refractivity contribution in [2.75, 3.05) is 0 Å². The van der Waals surface area contributed by atoms with Gasteiger partial charge in [-0.3, -0.25) is 14.9 Å². The SMILES string of the molecule is O=C(N/N=C/c1ccc([N+](=O)[O-])o1)c1cc2c(ccc3ccccc32)o1. The van der Waals surface area contributed by atoms with Crippen LogP contribution in [0.2, 0.25) is 0 Å². The summed E-state index contributed by atoms with van der Waals surface area (Å²) in [5.41, 5.74) is 2.90. The molecule has 4 rings (SSSR count). The molecular weight excluding hydrogens is 338 g/mol. The molecule has 0 aliphatic rings. The molecule has 0 aliphatic heterocycles. The Balaban J connectivity index is 1.55. The Morgan fingerprint density at radius 3 is 2.73 bits per heavy atom. The zero-order valence-corrected chi connectivity index (χ0v) is 13.2. The van der Waals surface area contributed by atoms with E-state index in [0.29, 0.717) is 5.58 Å². The lowest BCUT2D eigenvalue weighted by molar-refractivity contribution is -0.402. The number of nitro groups is 1. The van der Waals surface area contributed by atoms with Gasteiger partial charge in [-0.05, 0) is 29.0 Å². The molecule has 128 valence electrons. The van der Waals surface area contributed by atoms with E-state index in [4.69, 9.17) is 8.83 Å². The van der Waals surface area contributed by atoms with Gasteiger partial charge in [-0.2, -0.15) is 5.10 Å². The molecule has 26 heavy (non-hydrogen) atoms. The molecule has 1 amide bonds. The van der Waals surface area contributed by atoms with Crippen molar-refractivity contribution >= 4 is 39.7 Å². The smallest absolute Gasteiger partial charge is 0.433 e. The highest BCUT2D eigenvalue weighted by molar-refractivity contribution is 6.08. The minimum Gasteiger partial charge on any atom is -0.451 e. The van der Waals surface area contributed by atoms with Gasteiger partial charge in [0.15, 0.2) is 11.5 Å². The van der Waals surface area contributed by atoms with Gasteiger partial charge < -0.3 is 8.83 Å². The van der Waals surface area contributed by atoms with Gasteiger partial charge >= 0.3 is 11.8 Å². The summed E-state index contributed by atoms with van der Waals surface area (Å²) in [5.74, 6) is -0.684. The van der Waals surface area contributed by atoms with Crippen molar-refractivity contribution in [3.05, 3.63) is 76.2 Å². The van der Waals surface area contributed by atoms with Crippen LogP contribution in [0.1, 0.15) is 16.3 Å². The maximum absolute atomic E-state index is 12.2. The molecule has 8 heteroatoms. The number of carbonyl (C=O) groups is 1. The fourth-order valence-corrected chi connectivity index (χ4v) is 2.62. The standard InChI is InChI=1S/C18H11N3O5/c22-18(20-19-10-12-6-8-17(25-12)21(23)24)16-9-14-13-4-2-1-3-11(13)5-7-15(14)26-16/h1-10H,(H,20,22)/b19-10+. The molecule has 0 saturated carbocycles. The topological polar surface area (TPSA) is 111 Å². The normalized spacial score (nSPS) is 11.4. The Labute approximate surface area is 145 Å². The van der Waals surface area contributed by atoms with Crippen LogP contribution in [0, 0.1) is 10.1 Å². The number of hydrogen-bond donors (Lipinski definition) is 1. The summed E-state index contributed by atoms with van der Waals surface area (Å²) in [5, 5.41) is 17.1. The fraction of sp³-hybridized carbons (Fsp3) is 0. The first kappa shape index (κ1) is 15.6. The van der Waals surface area contributed by atoms with Crippen LogP contribution in [0.5, 0.6) is 0 Å². The molecule has 1 N–H and O–H groups in total. The molecule has 0 fully saturated rings. The van der Waals surface area contributed by atoms with Crippen molar-refractivity contribution in [3.8, 4) is 0 Å². The third-order valence-corrected chi connectivity index (χ3v) is 3.80. The van der Waals surface area contributed by atoms with Gasteiger partial charge in [0, 0.05) is 5.39 Å². The van der Waals surface area contributed by atoms with Gasteiger partial charge in [0.05, 0.1) is 12.3 Å². The highest BCUT2D eigenvalue weighted by Gasteiger charge is 2.14. The van der Waals surface area contributed by atoms with Gasteiger partial charge in [0.2, 0.25) is 0 Å². The zero-order chi connectivity index (χ0) is 18.1. The summed E-state index contributed by atoms with van der Waals surface area (Å²) >= 11 is 0. The molecule has 0 bridgehead atoms. The summed E-state index contributed by atoms with van der Waals surface area (Å²) < 4.78 is 10.5. The third-order valence-electron chi connectivity index (χ3n) is 3.80. The molecule has 0 aliphatic carbocycles. The third kappa shape index (κ3) is 2.80. The fourth-order valence-electron chi connectivity index (χ4n) is 2.62. The van der Waals surface area contributed by atoms with Gasteiger partial charge in [-0.1, -0.05) is 30.3 Å². The van der Waals surface area contributed by atoms with Crippen LogP contribution in [0.25, 0.3) is 21.7 Å². The van der Waals surface area contributed by atoms with Crippen molar-refractivity contribution in [1.29, 1.82) is 0 Å². The predicted octanol–water partition coefficient (Wildman–Crippen LogP) is 3.85. The van der Waals surface area contributed by atoms with Crippen LogP contribution in [0.3, 0.4) is 0 Å². The summed E-state index contributed by atoms with van der Waals surface area (Å²) in [6.45, 7) is 0. The molecule has 2 aromatic carbocycles. The summed E-state index contributed by atoms with van der Waals surface area (Å²) in [6.07, 6.45) is 1.17. The summed E-state index contributed by atoms with van der Waals surface area (Å²) in [4.78, 5) is 22.1. The van der Waals surface area contributed by atoms with E-state index in [1.165, 1.54) is 18.3 Å². The molecule has 2 heterocycles. The van der Waals surface area contributed by atoms with Gasteiger partial charge in [0.1, 0.15) is 10.5 Å². The van der Waals surface area contributed by atoms with E-state index in [1.807, 2.05) is 30.3 Å². The average molecular weight is 349 g/mol. The highest BCUT2D eigenvalue weighted by atomic mass is 16.6. The molecule has 0 radical (unpaired) electrons. The van der Waals surface area contributed by atoms with Crippen LogP contribution in [0.15, 0.2) is 68.5 Å². The maximum atomic E-state index is 12.2. The number of benzene rings is 2. The Morgan fingerprint density at radius 2 is 1.92 bits per heavy atom. The maximum Gasteiger partial charge on any atom is 0.433 e. The molecule has 0 spiro atoms. The minimum absolute atomic E-state index is 0.110. The van der Waals surface area contributed by atoms with E-state index in [1.54, 1.807) is 12.1 Å². The van der Waals surface area contributed by atoms with Crippen LogP contribution in [-0.2, 0) is 0 Å². The van der Waals surface area contributed by atoms with Crippen molar-refractivity contribution < 1.29 is 18.6 Å². The molecule has 8 nitrogen and oxygen atoms in total. The Bertz CT molecular complexity index is 1170. The lowest BCUT2D eigenvalue weighted by Crippen LogP contribution is -2.16. The first-order valence-corrected chi connectivity index (χ1v) is 7.61. The first-order valence-electron chi connectivity index (χ1n) is 7.61. The Kier molecular flexibility index (Phi) is 3.70. The number of hydrazone groups is 1. The van der Waals surface area contributed by atoms with E-state index >= 15 is 0 Å². The van der Waals surface area contributed by atoms with Gasteiger partial charge in [-0.25, -0.2) is 5.43 Å². The number of amides is 1. The van der Waals surface area contributed by atoms with Gasteiger partial charge in [-0.15, -0.1) is 0 Å². The number of carbonyl (C=O) groups excluding carboxylic acids is 1. The van der Waals surface area contributed by atoms with Crippen LogP contribution in [-0.4, -0.2) is 17.0 Å². The van der Waals surface area contributed by atoms with E-state index < -0.39 is 16.7 Å². The van der Waals surface area contributed by atoms with Crippen molar-refractivity contribution in [2.45, 2.75) is 0 Å². The van der Waals surface area contributed by atoms with Crippen LogP contribution in [0.4, 0.5) is 5.88 Å². The molecule has 0 atom stereocenters. The number of hydrogen-bond acceptors (Lipinski definition) is 6. The van der Waals surface area contributed by atoms with E-state index in [2.05, 4.69) is 10.5 Å². The van der Waals surface area contributed by atoms with Crippen molar-refractivity contribution in [3.63, 3.8) is 0 Å². The first-order chi connectivity index (χ1) is 12.6. The summed E-state index contributed by atoms with van der Waals surface area (Å²) in [7, 11) is 0. The second-order valence-corrected chi connectivity index (χ2v) is 5.44. The molecule has 2 aromatic heterocycles. The monoisotopic (exact) mass is 349 g/mol. The Hall–Kier alpha value is -3.94. The second-order valence-electron chi connectivity index (χ2n) is 5.44. The van der Waals surface area contributed by atoms with Crippen LogP contribution < -0.4 is 5.43 Å².